The molecule has 2 nitrogen and oxygen atoms in total. The van der Waals surface area contributed by atoms with Gasteiger partial charge in [0.2, 0.25) is 0 Å². The molecule has 1 aliphatic heterocycles. The number of likely N-dealkylation sites (N-methyl/N-ethyl adjacent to an activating group) is 1. The van der Waals surface area contributed by atoms with Crippen LogP contribution in [0, 0.1) is 12.8 Å². The lowest BCUT2D eigenvalue weighted by atomic mass is 9.88. The average molecular weight is 247 g/mol. The van der Waals surface area contributed by atoms with Crippen molar-refractivity contribution in [2.75, 3.05) is 13.2 Å². The lowest BCUT2D eigenvalue weighted by Gasteiger charge is -2.26. The van der Waals surface area contributed by atoms with Crippen molar-refractivity contribution in [1.82, 2.24) is 5.32 Å². The molecular weight excluding hydrogens is 222 g/mol. The van der Waals surface area contributed by atoms with Crippen molar-refractivity contribution in [3.05, 3.63) is 35.4 Å². The van der Waals surface area contributed by atoms with Crippen LogP contribution in [0.3, 0.4) is 0 Å². The fourth-order valence-corrected chi connectivity index (χ4v) is 2.89. The Morgan fingerprint density at radius 3 is 2.61 bits per heavy atom. The van der Waals surface area contributed by atoms with Gasteiger partial charge in [0, 0.05) is 18.6 Å². The minimum absolute atomic E-state index is 0.388. The SMILES string of the molecule is CCNC(Cc1ccc(C)cc1)C1CCOC1C. The highest BCUT2D eigenvalue weighted by molar-refractivity contribution is 5.22. The summed E-state index contributed by atoms with van der Waals surface area (Å²) in [5.74, 6) is 0.645. The van der Waals surface area contributed by atoms with Gasteiger partial charge >= 0.3 is 0 Å². The first-order chi connectivity index (χ1) is 8.70. The summed E-state index contributed by atoms with van der Waals surface area (Å²) >= 11 is 0. The average Bonchev–Trinajstić information content (AvgIpc) is 2.78. The van der Waals surface area contributed by atoms with Crippen LogP contribution in [0.25, 0.3) is 0 Å². The van der Waals surface area contributed by atoms with Crippen LogP contribution in [0.1, 0.15) is 31.4 Å². The van der Waals surface area contributed by atoms with Crippen LogP contribution < -0.4 is 5.32 Å². The van der Waals surface area contributed by atoms with Crippen molar-refractivity contribution < 1.29 is 4.74 Å². The summed E-state index contributed by atoms with van der Waals surface area (Å²) in [5.41, 5.74) is 2.75. The van der Waals surface area contributed by atoms with E-state index in [9.17, 15) is 0 Å². The van der Waals surface area contributed by atoms with E-state index in [4.69, 9.17) is 4.74 Å². The highest BCUT2D eigenvalue weighted by atomic mass is 16.5. The van der Waals surface area contributed by atoms with Crippen LogP contribution >= 0.6 is 0 Å². The molecular formula is C16H25NO. The summed E-state index contributed by atoms with van der Waals surface area (Å²) in [7, 11) is 0. The summed E-state index contributed by atoms with van der Waals surface area (Å²) in [5, 5.41) is 3.64. The van der Waals surface area contributed by atoms with Crippen molar-refractivity contribution >= 4 is 0 Å². The second-order valence-corrected chi connectivity index (χ2v) is 5.38. The van der Waals surface area contributed by atoms with Crippen molar-refractivity contribution in [2.45, 2.75) is 45.8 Å². The molecule has 3 atom stereocenters. The standard InChI is InChI=1S/C16H25NO/c1-4-17-16(15-9-10-18-13(15)3)11-14-7-5-12(2)6-8-14/h5-8,13,15-17H,4,9-11H2,1-3H3. The second kappa shape index (κ2) is 6.35. The van der Waals surface area contributed by atoms with Crippen molar-refractivity contribution in [1.29, 1.82) is 0 Å². The molecule has 1 aromatic rings. The van der Waals surface area contributed by atoms with E-state index in [0.29, 0.717) is 18.1 Å². The van der Waals surface area contributed by atoms with Gasteiger partial charge in [0.15, 0.2) is 0 Å². The molecule has 2 rings (SSSR count). The molecule has 0 aromatic heterocycles. The zero-order valence-electron chi connectivity index (χ0n) is 11.8. The number of rotatable bonds is 5. The predicted octanol–water partition coefficient (Wildman–Crippen LogP) is 2.94. The first kappa shape index (κ1) is 13.6. The number of hydrogen-bond acceptors (Lipinski definition) is 2. The van der Waals surface area contributed by atoms with E-state index < -0.39 is 0 Å². The van der Waals surface area contributed by atoms with Gasteiger partial charge in [0.05, 0.1) is 6.10 Å². The number of nitrogens with one attached hydrogen (secondary N) is 1. The number of benzene rings is 1. The Morgan fingerprint density at radius 2 is 2.06 bits per heavy atom. The van der Waals surface area contributed by atoms with Crippen LogP contribution in [0.15, 0.2) is 24.3 Å². The van der Waals surface area contributed by atoms with E-state index in [-0.39, 0.29) is 0 Å². The Balaban J connectivity index is 2.03. The van der Waals surface area contributed by atoms with Gasteiger partial charge < -0.3 is 10.1 Å². The zero-order valence-corrected chi connectivity index (χ0v) is 11.8. The lowest BCUT2D eigenvalue weighted by Crippen LogP contribution is -2.40. The quantitative estimate of drug-likeness (QED) is 0.864. The summed E-state index contributed by atoms with van der Waals surface area (Å²) < 4.78 is 5.71. The minimum atomic E-state index is 0.388. The number of aryl methyl sites for hydroxylation is 1. The Kier molecular flexibility index (Phi) is 4.79. The van der Waals surface area contributed by atoms with Gasteiger partial charge in [0.25, 0.3) is 0 Å². The normalized spacial score (nSPS) is 25.3. The van der Waals surface area contributed by atoms with E-state index in [1.54, 1.807) is 0 Å². The van der Waals surface area contributed by atoms with E-state index in [1.807, 2.05) is 0 Å². The third-order valence-corrected chi connectivity index (χ3v) is 3.99. The molecule has 1 aromatic carbocycles. The molecule has 100 valence electrons. The molecule has 1 N–H and O–H groups in total. The maximum atomic E-state index is 5.71. The van der Waals surface area contributed by atoms with Crippen LogP contribution in [0.4, 0.5) is 0 Å². The van der Waals surface area contributed by atoms with Crippen LogP contribution in [-0.2, 0) is 11.2 Å². The molecule has 2 heteroatoms. The molecule has 0 saturated carbocycles. The third-order valence-electron chi connectivity index (χ3n) is 3.99. The van der Waals surface area contributed by atoms with E-state index in [2.05, 4.69) is 50.4 Å². The van der Waals surface area contributed by atoms with Crippen LogP contribution in [0.5, 0.6) is 0 Å². The highest BCUT2D eigenvalue weighted by Crippen LogP contribution is 2.26. The monoisotopic (exact) mass is 247 g/mol. The molecule has 0 radical (unpaired) electrons. The van der Waals surface area contributed by atoms with E-state index in [0.717, 1.165) is 19.6 Å². The zero-order chi connectivity index (χ0) is 13.0. The Hall–Kier alpha value is -0.860. The molecule has 0 bridgehead atoms. The topological polar surface area (TPSA) is 21.3 Å². The lowest BCUT2D eigenvalue weighted by molar-refractivity contribution is 0.0956. The van der Waals surface area contributed by atoms with Crippen molar-refractivity contribution in [3.8, 4) is 0 Å². The van der Waals surface area contributed by atoms with Gasteiger partial charge in [-0.05, 0) is 38.8 Å². The maximum absolute atomic E-state index is 5.71. The van der Waals surface area contributed by atoms with Gasteiger partial charge in [0.1, 0.15) is 0 Å². The van der Waals surface area contributed by atoms with Gasteiger partial charge in [-0.15, -0.1) is 0 Å². The largest absolute Gasteiger partial charge is 0.378 e. The molecule has 1 heterocycles. The fourth-order valence-electron chi connectivity index (χ4n) is 2.89. The smallest absolute Gasteiger partial charge is 0.0590 e. The van der Waals surface area contributed by atoms with Gasteiger partial charge in [-0.3, -0.25) is 0 Å². The Bertz CT molecular complexity index is 360. The predicted molar refractivity (Wildman–Crippen MR) is 75.9 cm³/mol. The minimum Gasteiger partial charge on any atom is -0.378 e. The molecule has 1 aliphatic rings. The Morgan fingerprint density at radius 1 is 1.33 bits per heavy atom. The molecule has 18 heavy (non-hydrogen) atoms. The molecule has 3 unspecified atom stereocenters. The Labute approximate surface area is 111 Å². The highest BCUT2D eigenvalue weighted by Gasteiger charge is 2.31. The van der Waals surface area contributed by atoms with Crippen LogP contribution in [-0.4, -0.2) is 25.3 Å². The van der Waals surface area contributed by atoms with Crippen molar-refractivity contribution in [2.24, 2.45) is 5.92 Å². The van der Waals surface area contributed by atoms with Crippen LogP contribution in [0.2, 0.25) is 0 Å². The number of ether oxygens (including phenoxy) is 1. The maximum Gasteiger partial charge on any atom is 0.0590 e. The summed E-state index contributed by atoms with van der Waals surface area (Å²) in [6.07, 6.45) is 2.68. The van der Waals surface area contributed by atoms with Gasteiger partial charge in [-0.2, -0.15) is 0 Å². The summed E-state index contributed by atoms with van der Waals surface area (Å²) in [4.78, 5) is 0. The molecule has 0 amide bonds. The van der Waals surface area contributed by atoms with E-state index >= 15 is 0 Å². The molecule has 1 saturated heterocycles. The summed E-state index contributed by atoms with van der Waals surface area (Å²) in [6.45, 7) is 8.47. The number of hydrogen-bond donors (Lipinski definition) is 1. The van der Waals surface area contributed by atoms with E-state index in [1.165, 1.54) is 17.5 Å². The first-order valence-corrected chi connectivity index (χ1v) is 7.11. The molecule has 0 aliphatic carbocycles. The third kappa shape index (κ3) is 3.33. The second-order valence-electron chi connectivity index (χ2n) is 5.38. The van der Waals surface area contributed by atoms with Gasteiger partial charge in [-0.25, -0.2) is 0 Å². The molecule has 0 spiro atoms. The fraction of sp³-hybridized carbons (Fsp3) is 0.625. The van der Waals surface area contributed by atoms with Crippen molar-refractivity contribution in [3.63, 3.8) is 0 Å². The molecule has 1 fully saturated rings. The van der Waals surface area contributed by atoms with Gasteiger partial charge in [-0.1, -0.05) is 36.8 Å². The summed E-state index contributed by atoms with van der Waals surface area (Å²) in [6, 6.07) is 9.44. The first-order valence-electron chi connectivity index (χ1n) is 7.11.